The van der Waals surface area contributed by atoms with Crippen molar-refractivity contribution in [1.29, 1.82) is 0 Å². The van der Waals surface area contributed by atoms with Crippen LogP contribution in [0.1, 0.15) is 47.0 Å². The summed E-state index contributed by atoms with van der Waals surface area (Å²) in [5, 5.41) is 10.0. The lowest BCUT2D eigenvalue weighted by atomic mass is 9.70. The minimum Gasteiger partial charge on any atom is -0.512 e. The molecule has 0 spiro atoms. The Kier molecular flexibility index (Phi) is 3.20. The number of unbranched alkanes of at least 4 members (excludes halogenated alkanes) is 1. The summed E-state index contributed by atoms with van der Waals surface area (Å²) in [6.07, 6.45) is 4.53. The Balaban J connectivity index is 2.09. The van der Waals surface area contributed by atoms with E-state index in [9.17, 15) is 9.90 Å². The Labute approximate surface area is 109 Å². The molecule has 2 aliphatic rings. The van der Waals surface area contributed by atoms with Crippen LogP contribution in [0, 0.1) is 22.7 Å². The number of ether oxygens (including phenoxy) is 1. The Morgan fingerprint density at radius 2 is 2.17 bits per heavy atom. The summed E-state index contributed by atoms with van der Waals surface area (Å²) in [6.45, 7) is 8.92. The maximum absolute atomic E-state index is 12.1. The molecule has 0 aromatic rings. The van der Waals surface area contributed by atoms with Crippen LogP contribution in [0.2, 0.25) is 0 Å². The minimum absolute atomic E-state index is 0.0640. The highest BCUT2D eigenvalue weighted by Crippen LogP contribution is 2.66. The Morgan fingerprint density at radius 1 is 1.50 bits per heavy atom. The van der Waals surface area contributed by atoms with Crippen molar-refractivity contribution in [2.24, 2.45) is 22.7 Å². The van der Waals surface area contributed by atoms with E-state index >= 15 is 0 Å². The summed E-state index contributed by atoms with van der Waals surface area (Å²) >= 11 is 0. The molecule has 1 unspecified atom stereocenters. The number of carbonyl (C=O) groups excluding carboxylic acids is 1. The van der Waals surface area contributed by atoms with Gasteiger partial charge in [0.25, 0.3) is 0 Å². The van der Waals surface area contributed by atoms with E-state index in [1.54, 1.807) is 0 Å². The first-order valence-corrected chi connectivity index (χ1v) is 6.92. The van der Waals surface area contributed by atoms with Crippen LogP contribution in [0.15, 0.2) is 11.8 Å². The van der Waals surface area contributed by atoms with Gasteiger partial charge in [-0.25, -0.2) is 0 Å². The number of fused-ring (bicyclic) bond motifs is 2. The van der Waals surface area contributed by atoms with Crippen LogP contribution in [0.3, 0.4) is 0 Å². The Hall–Kier alpha value is -0.990. The lowest BCUT2D eigenvalue weighted by Crippen LogP contribution is -2.30. The van der Waals surface area contributed by atoms with Gasteiger partial charge in [-0.15, -0.1) is 0 Å². The van der Waals surface area contributed by atoms with Crippen LogP contribution in [-0.4, -0.2) is 17.7 Å². The fourth-order valence-corrected chi connectivity index (χ4v) is 3.47. The van der Waals surface area contributed by atoms with Crippen molar-refractivity contribution in [3.63, 3.8) is 0 Å². The van der Waals surface area contributed by atoms with Crippen LogP contribution in [0.5, 0.6) is 0 Å². The van der Waals surface area contributed by atoms with Crippen LogP contribution < -0.4 is 0 Å². The van der Waals surface area contributed by atoms with E-state index in [1.807, 2.05) is 6.08 Å². The molecule has 0 saturated heterocycles. The second-order valence-corrected chi connectivity index (χ2v) is 6.46. The predicted octanol–water partition coefficient (Wildman–Crippen LogP) is 3.45. The summed E-state index contributed by atoms with van der Waals surface area (Å²) in [5.74, 6) is 0.387. The maximum Gasteiger partial charge on any atom is 0.309 e. The number of hydrogen-bond donors (Lipinski definition) is 1. The molecule has 1 fully saturated rings. The molecule has 0 aromatic carbocycles. The van der Waals surface area contributed by atoms with Crippen LogP contribution in [-0.2, 0) is 9.53 Å². The van der Waals surface area contributed by atoms with Crippen molar-refractivity contribution in [3.05, 3.63) is 11.8 Å². The SMILES string of the molecule is CCCCOC(=O)C1C[C@@]2(C)C(O)=C[C@H]1C2(C)C. The van der Waals surface area contributed by atoms with Gasteiger partial charge in [-0.05, 0) is 30.3 Å². The van der Waals surface area contributed by atoms with Gasteiger partial charge in [0, 0.05) is 5.41 Å². The van der Waals surface area contributed by atoms with Gasteiger partial charge in [-0.3, -0.25) is 4.79 Å². The summed E-state index contributed by atoms with van der Waals surface area (Å²) in [5.41, 5.74) is -0.336. The van der Waals surface area contributed by atoms with E-state index in [2.05, 4.69) is 27.7 Å². The number of allylic oxidation sites excluding steroid dienone is 2. The van der Waals surface area contributed by atoms with Gasteiger partial charge in [0.2, 0.25) is 0 Å². The molecular weight excluding hydrogens is 228 g/mol. The summed E-state index contributed by atoms with van der Waals surface area (Å²) in [6, 6.07) is 0. The van der Waals surface area contributed by atoms with Gasteiger partial charge < -0.3 is 9.84 Å². The predicted molar refractivity (Wildman–Crippen MR) is 70.1 cm³/mol. The second kappa shape index (κ2) is 4.29. The molecule has 2 aliphatic carbocycles. The largest absolute Gasteiger partial charge is 0.512 e. The molecule has 1 N–H and O–H groups in total. The van der Waals surface area contributed by atoms with Crippen molar-refractivity contribution in [2.45, 2.75) is 47.0 Å². The van der Waals surface area contributed by atoms with E-state index < -0.39 is 0 Å². The van der Waals surface area contributed by atoms with E-state index in [0.717, 1.165) is 12.8 Å². The molecular formula is C15H24O3. The molecule has 3 nitrogen and oxygen atoms in total. The third-order valence-corrected chi connectivity index (χ3v) is 5.26. The van der Waals surface area contributed by atoms with Crippen molar-refractivity contribution < 1.29 is 14.6 Å². The molecule has 3 atom stereocenters. The highest BCUT2D eigenvalue weighted by molar-refractivity contribution is 5.75. The van der Waals surface area contributed by atoms with Gasteiger partial charge in [-0.2, -0.15) is 0 Å². The number of esters is 1. The van der Waals surface area contributed by atoms with Gasteiger partial charge in [0.15, 0.2) is 0 Å². The number of aliphatic hydroxyl groups excluding tert-OH is 1. The van der Waals surface area contributed by atoms with Crippen LogP contribution in [0.4, 0.5) is 0 Å². The number of hydrogen-bond acceptors (Lipinski definition) is 3. The zero-order valence-corrected chi connectivity index (χ0v) is 11.8. The van der Waals surface area contributed by atoms with E-state index in [-0.39, 0.29) is 28.6 Å². The van der Waals surface area contributed by atoms with Crippen molar-refractivity contribution >= 4 is 5.97 Å². The molecule has 3 heteroatoms. The smallest absolute Gasteiger partial charge is 0.309 e. The monoisotopic (exact) mass is 252 g/mol. The molecule has 0 heterocycles. The molecule has 0 radical (unpaired) electrons. The first-order valence-electron chi connectivity index (χ1n) is 6.92. The number of rotatable bonds is 4. The maximum atomic E-state index is 12.1. The molecule has 0 aliphatic heterocycles. The summed E-state index contributed by atoms with van der Waals surface area (Å²) in [4.78, 5) is 12.1. The average molecular weight is 252 g/mol. The molecule has 2 bridgehead atoms. The quantitative estimate of drug-likeness (QED) is 0.615. The van der Waals surface area contributed by atoms with Crippen molar-refractivity contribution in [1.82, 2.24) is 0 Å². The van der Waals surface area contributed by atoms with Crippen LogP contribution >= 0.6 is 0 Å². The molecule has 0 aromatic heterocycles. The Morgan fingerprint density at radius 3 is 2.61 bits per heavy atom. The zero-order chi connectivity index (χ0) is 13.6. The topological polar surface area (TPSA) is 46.5 Å². The highest BCUT2D eigenvalue weighted by Gasteiger charge is 2.64. The first-order chi connectivity index (χ1) is 8.34. The van der Waals surface area contributed by atoms with Crippen LogP contribution in [0.25, 0.3) is 0 Å². The minimum atomic E-state index is -0.272. The fraction of sp³-hybridized carbons (Fsp3) is 0.800. The van der Waals surface area contributed by atoms with Gasteiger partial charge in [-0.1, -0.05) is 34.1 Å². The number of carbonyl (C=O) groups is 1. The zero-order valence-electron chi connectivity index (χ0n) is 11.8. The van der Waals surface area contributed by atoms with Crippen molar-refractivity contribution in [3.8, 4) is 0 Å². The third-order valence-electron chi connectivity index (χ3n) is 5.26. The second-order valence-electron chi connectivity index (χ2n) is 6.46. The van der Waals surface area contributed by atoms with E-state index in [4.69, 9.17) is 4.74 Å². The van der Waals surface area contributed by atoms with E-state index in [0.29, 0.717) is 18.8 Å². The van der Waals surface area contributed by atoms with Gasteiger partial charge in [0.05, 0.1) is 18.3 Å². The lowest BCUT2D eigenvalue weighted by Gasteiger charge is -2.34. The fourth-order valence-electron chi connectivity index (χ4n) is 3.47. The van der Waals surface area contributed by atoms with E-state index in [1.165, 1.54) is 0 Å². The molecule has 18 heavy (non-hydrogen) atoms. The first kappa shape index (κ1) is 13.4. The average Bonchev–Trinajstić information content (AvgIpc) is 2.60. The third kappa shape index (κ3) is 1.67. The lowest BCUT2D eigenvalue weighted by molar-refractivity contribution is -0.150. The summed E-state index contributed by atoms with van der Waals surface area (Å²) in [7, 11) is 0. The Bertz CT molecular complexity index is 383. The molecule has 0 amide bonds. The number of aliphatic hydroxyl groups is 1. The van der Waals surface area contributed by atoms with Gasteiger partial charge in [0.1, 0.15) is 0 Å². The van der Waals surface area contributed by atoms with Crippen molar-refractivity contribution in [2.75, 3.05) is 6.61 Å². The van der Waals surface area contributed by atoms with Gasteiger partial charge >= 0.3 is 5.97 Å². The highest BCUT2D eigenvalue weighted by atomic mass is 16.5. The molecule has 2 rings (SSSR count). The summed E-state index contributed by atoms with van der Waals surface area (Å²) < 4.78 is 5.34. The molecule has 102 valence electrons. The normalized spacial score (nSPS) is 36.6. The standard InChI is InChI=1S/C15H24O3/c1-5-6-7-18-13(17)10-9-15(4)12(16)8-11(10)14(15,2)3/h8,10-11,16H,5-7,9H2,1-4H3/t10?,11-,15+/m1/s1. The molecule has 1 saturated carbocycles.